The van der Waals surface area contributed by atoms with Gasteiger partial charge in [-0.15, -0.1) is 0 Å². The van der Waals surface area contributed by atoms with E-state index in [1.54, 1.807) is 6.26 Å². The maximum Gasteiger partial charge on any atom is 0.252 e. The van der Waals surface area contributed by atoms with Gasteiger partial charge in [-0.1, -0.05) is 18.2 Å². The fourth-order valence-corrected chi connectivity index (χ4v) is 5.69. The standard InChI is InChI=1S/C24H22N2O3/c27-14-23-11-24(12-23,13-23)26-22(28)20-17-5-1-2-6-19(17)25-21-15(7-8-18(20)21)10-16-4-3-9-29-16/h1-6,9-10,27H,7-8,11-14H2,(H,26,28)/b15-10-. The number of benzene rings is 1. The molecule has 7 rings (SSSR count). The molecule has 2 N–H and O–H groups in total. The monoisotopic (exact) mass is 386 g/mol. The number of amides is 1. The van der Waals surface area contributed by atoms with Crippen LogP contribution in [0.5, 0.6) is 0 Å². The zero-order chi connectivity index (χ0) is 19.6. The molecule has 2 aromatic heterocycles. The quantitative estimate of drug-likeness (QED) is 0.712. The predicted molar refractivity (Wildman–Crippen MR) is 110 cm³/mol. The lowest BCUT2D eigenvalue weighted by Crippen LogP contribution is -2.75. The summed E-state index contributed by atoms with van der Waals surface area (Å²) in [5, 5.41) is 13.7. The number of carbonyl (C=O) groups excluding carboxylic acids is 1. The predicted octanol–water partition coefficient (Wildman–Crippen LogP) is 3.96. The number of fused-ring (bicyclic) bond motifs is 2. The third-order valence-electron chi connectivity index (χ3n) is 6.88. The molecule has 1 aromatic carbocycles. The summed E-state index contributed by atoms with van der Waals surface area (Å²) in [5.74, 6) is 0.794. The van der Waals surface area contributed by atoms with Gasteiger partial charge in [-0.3, -0.25) is 4.79 Å². The minimum absolute atomic E-state index is 0.00895. The van der Waals surface area contributed by atoms with E-state index in [9.17, 15) is 9.90 Å². The molecule has 3 saturated carbocycles. The van der Waals surface area contributed by atoms with Crippen LogP contribution in [0.3, 0.4) is 0 Å². The molecule has 3 fully saturated rings. The van der Waals surface area contributed by atoms with E-state index >= 15 is 0 Å². The molecule has 4 aliphatic carbocycles. The van der Waals surface area contributed by atoms with E-state index < -0.39 is 0 Å². The minimum Gasteiger partial charge on any atom is -0.465 e. The van der Waals surface area contributed by atoms with Crippen molar-refractivity contribution in [1.29, 1.82) is 0 Å². The maximum absolute atomic E-state index is 13.4. The molecule has 0 spiro atoms. The summed E-state index contributed by atoms with van der Waals surface area (Å²) in [5.41, 5.74) is 4.60. The number of nitrogens with one attached hydrogen (secondary N) is 1. The van der Waals surface area contributed by atoms with Gasteiger partial charge in [0.25, 0.3) is 5.91 Å². The number of hydrogen-bond donors (Lipinski definition) is 2. The number of pyridine rings is 1. The van der Waals surface area contributed by atoms with Gasteiger partial charge in [0.15, 0.2) is 0 Å². The van der Waals surface area contributed by atoms with Crippen LogP contribution in [-0.2, 0) is 6.42 Å². The second-order valence-electron chi connectivity index (χ2n) is 8.94. The molecule has 3 aromatic rings. The van der Waals surface area contributed by atoms with Gasteiger partial charge in [-0.05, 0) is 67.5 Å². The summed E-state index contributed by atoms with van der Waals surface area (Å²) in [6.45, 7) is 0.221. The summed E-state index contributed by atoms with van der Waals surface area (Å²) in [7, 11) is 0. The second kappa shape index (κ2) is 5.80. The van der Waals surface area contributed by atoms with E-state index in [4.69, 9.17) is 9.40 Å². The number of para-hydroxylation sites is 1. The molecular formula is C24H22N2O3. The van der Waals surface area contributed by atoms with Gasteiger partial charge in [0.1, 0.15) is 5.76 Å². The number of aliphatic hydroxyl groups excluding tert-OH is 1. The van der Waals surface area contributed by atoms with E-state index in [0.717, 1.165) is 71.2 Å². The average Bonchev–Trinajstić information content (AvgIpc) is 3.32. The van der Waals surface area contributed by atoms with Crippen molar-refractivity contribution in [3.05, 3.63) is 65.2 Å². The first kappa shape index (κ1) is 17.0. The molecule has 0 unspecified atom stereocenters. The Morgan fingerprint density at radius 3 is 2.76 bits per heavy atom. The largest absolute Gasteiger partial charge is 0.465 e. The third kappa shape index (κ3) is 2.43. The molecular weight excluding hydrogens is 364 g/mol. The van der Waals surface area contributed by atoms with Gasteiger partial charge in [0.2, 0.25) is 0 Å². The molecule has 1 amide bonds. The topological polar surface area (TPSA) is 75.4 Å². The first-order valence-electron chi connectivity index (χ1n) is 10.2. The Morgan fingerprint density at radius 2 is 2.00 bits per heavy atom. The summed E-state index contributed by atoms with van der Waals surface area (Å²) in [4.78, 5) is 18.3. The van der Waals surface area contributed by atoms with Crippen molar-refractivity contribution in [3.63, 3.8) is 0 Å². The van der Waals surface area contributed by atoms with Crippen LogP contribution in [0.15, 0.2) is 47.1 Å². The molecule has 0 atom stereocenters. The van der Waals surface area contributed by atoms with Crippen LogP contribution in [0.2, 0.25) is 0 Å². The third-order valence-corrected chi connectivity index (χ3v) is 6.88. The summed E-state index contributed by atoms with van der Waals surface area (Å²) in [6.07, 6.45) is 8.00. The summed E-state index contributed by atoms with van der Waals surface area (Å²) >= 11 is 0. The van der Waals surface area contributed by atoms with E-state index in [1.807, 2.05) is 42.5 Å². The van der Waals surface area contributed by atoms with Crippen molar-refractivity contribution < 1.29 is 14.3 Å². The van der Waals surface area contributed by atoms with Gasteiger partial charge in [-0.2, -0.15) is 0 Å². The minimum atomic E-state index is -0.123. The lowest BCUT2D eigenvalue weighted by atomic mass is 9.39. The van der Waals surface area contributed by atoms with Gasteiger partial charge >= 0.3 is 0 Å². The van der Waals surface area contributed by atoms with E-state index in [0.29, 0.717) is 0 Å². The Morgan fingerprint density at radius 1 is 1.17 bits per heavy atom. The van der Waals surface area contributed by atoms with Crippen LogP contribution in [0.25, 0.3) is 22.6 Å². The highest BCUT2D eigenvalue weighted by molar-refractivity contribution is 6.09. The summed E-state index contributed by atoms with van der Waals surface area (Å²) < 4.78 is 5.49. The van der Waals surface area contributed by atoms with Gasteiger partial charge in [0.05, 0.1) is 23.0 Å². The van der Waals surface area contributed by atoms with Crippen LogP contribution >= 0.6 is 0 Å². The number of hydrogen-bond acceptors (Lipinski definition) is 4. The number of allylic oxidation sites excluding steroid dienone is 1. The van der Waals surface area contributed by atoms with Crippen molar-refractivity contribution in [2.45, 2.75) is 37.6 Å². The Bertz CT molecular complexity index is 1160. The zero-order valence-corrected chi connectivity index (χ0v) is 16.1. The van der Waals surface area contributed by atoms with Crippen LogP contribution in [0, 0.1) is 5.41 Å². The molecule has 5 heteroatoms. The van der Waals surface area contributed by atoms with Crippen LogP contribution in [0.4, 0.5) is 0 Å². The van der Waals surface area contributed by atoms with E-state index in [2.05, 4.69) is 5.32 Å². The number of aromatic nitrogens is 1. The van der Waals surface area contributed by atoms with Crippen molar-refractivity contribution in [2.24, 2.45) is 5.41 Å². The van der Waals surface area contributed by atoms with Crippen LogP contribution in [0.1, 0.15) is 53.1 Å². The normalized spacial score (nSPS) is 28.1. The Balaban J connectivity index is 1.42. The molecule has 2 heterocycles. The molecule has 0 saturated heterocycles. The summed E-state index contributed by atoms with van der Waals surface area (Å²) in [6, 6.07) is 11.7. The highest BCUT2D eigenvalue weighted by Gasteiger charge is 2.68. The molecule has 5 nitrogen and oxygen atoms in total. The van der Waals surface area contributed by atoms with E-state index in [1.165, 1.54) is 0 Å². The molecule has 0 radical (unpaired) electrons. The van der Waals surface area contributed by atoms with Crippen molar-refractivity contribution >= 4 is 28.5 Å². The Hall–Kier alpha value is -2.92. The molecule has 29 heavy (non-hydrogen) atoms. The lowest BCUT2D eigenvalue weighted by Gasteiger charge is -2.70. The SMILES string of the molecule is O=C(NC12CC(CO)(C1)C2)c1c2c(nc3ccccc13)/C(=C\c1ccco1)CC2. The van der Waals surface area contributed by atoms with Crippen LogP contribution in [-0.4, -0.2) is 28.1 Å². The average molecular weight is 386 g/mol. The molecule has 2 bridgehead atoms. The van der Waals surface area contributed by atoms with Gasteiger partial charge in [-0.25, -0.2) is 4.98 Å². The van der Waals surface area contributed by atoms with Crippen molar-refractivity contribution in [3.8, 4) is 0 Å². The number of aliphatic hydroxyl groups is 1. The number of rotatable bonds is 4. The molecule has 146 valence electrons. The first-order valence-corrected chi connectivity index (χ1v) is 10.2. The number of carbonyl (C=O) groups is 1. The fourth-order valence-electron chi connectivity index (χ4n) is 5.69. The maximum atomic E-state index is 13.4. The van der Waals surface area contributed by atoms with Gasteiger partial charge in [0, 0.05) is 22.9 Å². The fraction of sp³-hybridized carbons (Fsp3) is 0.333. The lowest BCUT2D eigenvalue weighted by molar-refractivity contribution is -0.172. The molecule has 0 aliphatic heterocycles. The number of furan rings is 1. The zero-order valence-electron chi connectivity index (χ0n) is 16.1. The first-order chi connectivity index (χ1) is 14.1. The highest BCUT2D eigenvalue weighted by Crippen LogP contribution is 2.66. The molecule has 4 aliphatic rings. The van der Waals surface area contributed by atoms with Gasteiger partial charge < -0.3 is 14.8 Å². The second-order valence-corrected chi connectivity index (χ2v) is 8.94. The van der Waals surface area contributed by atoms with Crippen molar-refractivity contribution in [1.82, 2.24) is 10.3 Å². The number of nitrogens with zero attached hydrogens (tertiary/aromatic N) is 1. The van der Waals surface area contributed by atoms with Crippen molar-refractivity contribution in [2.75, 3.05) is 6.61 Å². The van der Waals surface area contributed by atoms with E-state index in [-0.39, 0.29) is 23.5 Å². The Labute approximate surface area is 168 Å². The highest BCUT2D eigenvalue weighted by atomic mass is 16.3. The Kier molecular flexibility index (Phi) is 3.40. The smallest absolute Gasteiger partial charge is 0.252 e. The van der Waals surface area contributed by atoms with Crippen LogP contribution < -0.4 is 5.32 Å².